The SMILES string of the molecule is Cc1ccc(C)n2nc(CCc3c[nH]c(-c4cncs4)n3)nc12. The van der Waals surface area contributed by atoms with Crippen LogP contribution in [0.2, 0.25) is 0 Å². The molecule has 4 aromatic heterocycles. The molecule has 0 aromatic carbocycles. The van der Waals surface area contributed by atoms with E-state index in [-0.39, 0.29) is 0 Å². The number of aromatic amines is 1. The Labute approximate surface area is 137 Å². The molecule has 7 heteroatoms. The average Bonchev–Trinajstić information content (AvgIpc) is 3.28. The monoisotopic (exact) mass is 324 g/mol. The van der Waals surface area contributed by atoms with Crippen molar-refractivity contribution in [2.24, 2.45) is 0 Å². The summed E-state index contributed by atoms with van der Waals surface area (Å²) in [5.74, 6) is 1.72. The zero-order valence-corrected chi connectivity index (χ0v) is 13.8. The Balaban J connectivity index is 1.53. The van der Waals surface area contributed by atoms with Crippen LogP contribution in [0.25, 0.3) is 16.3 Å². The Hall–Kier alpha value is -2.54. The maximum atomic E-state index is 4.65. The molecule has 0 aliphatic carbocycles. The number of thiazole rings is 1. The molecule has 116 valence electrons. The first-order chi connectivity index (χ1) is 11.2. The number of hydrogen-bond acceptors (Lipinski definition) is 5. The van der Waals surface area contributed by atoms with Gasteiger partial charge in [-0.2, -0.15) is 5.10 Å². The molecular weight excluding hydrogens is 308 g/mol. The maximum absolute atomic E-state index is 4.65. The molecule has 0 atom stereocenters. The van der Waals surface area contributed by atoms with E-state index in [1.54, 1.807) is 11.3 Å². The van der Waals surface area contributed by atoms with Gasteiger partial charge in [0.25, 0.3) is 0 Å². The second kappa shape index (κ2) is 5.58. The van der Waals surface area contributed by atoms with Gasteiger partial charge < -0.3 is 4.98 Å². The van der Waals surface area contributed by atoms with Gasteiger partial charge in [-0.3, -0.25) is 4.98 Å². The molecule has 1 N–H and O–H groups in total. The standard InChI is InChI=1S/C16H16N6S/c1-10-3-4-11(2)22-16(10)20-14(21-22)6-5-12-7-18-15(19-12)13-8-17-9-23-13/h3-4,7-9H,5-6H2,1-2H3,(H,18,19). The van der Waals surface area contributed by atoms with E-state index < -0.39 is 0 Å². The fraction of sp³-hybridized carbons (Fsp3) is 0.250. The molecule has 0 aliphatic rings. The van der Waals surface area contributed by atoms with Crippen molar-refractivity contribution in [3.63, 3.8) is 0 Å². The third kappa shape index (κ3) is 2.63. The van der Waals surface area contributed by atoms with Crippen molar-refractivity contribution in [1.29, 1.82) is 0 Å². The summed E-state index contributed by atoms with van der Waals surface area (Å²) in [4.78, 5) is 17.6. The Morgan fingerprint density at radius 3 is 2.87 bits per heavy atom. The van der Waals surface area contributed by atoms with E-state index in [2.05, 4.69) is 44.1 Å². The highest BCUT2D eigenvalue weighted by Crippen LogP contribution is 2.20. The van der Waals surface area contributed by atoms with Crippen LogP contribution in [-0.4, -0.2) is 29.5 Å². The van der Waals surface area contributed by atoms with Crippen molar-refractivity contribution >= 4 is 17.0 Å². The van der Waals surface area contributed by atoms with E-state index in [0.717, 1.165) is 52.0 Å². The lowest BCUT2D eigenvalue weighted by Crippen LogP contribution is -1.96. The lowest BCUT2D eigenvalue weighted by molar-refractivity contribution is 0.813. The number of pyridine rings is 1. The number of rotatable bonds is 4. The van der Waals surface area contributed by atoms with Crippen LogP contribution in [0.1, 0.15) is 22.8 Å². The van der Waals surface area contributed by atoms with Gasteiger partial charge in [0, 0.05) is 24.5 Å². The summed E-state index contributed by atoms with van der Waals surface area (Å²) in [5.41, 5.74) is 5.99. The molecule has 4 heterocycles. The summed E-state index contributed by atoms with van der Waals surface area (Å²) in [6.45, 7) is 4.10. The van der Waals surface area contributed by atoms with Crippen LogP contribution in [0.15, 0.2) is 30.0 Å². The van der Waals surface area contributed by atoms with Crippen molar-refractivity contribution in [2.75, 3.05) is 0 Å². The van der Waals surface area contributed by atoms with Crippen molar-refractivity contribution in [3.8, 4) is 10.7 Å². The fourth-order valence-electron chi connectivity index (χ4n) is 2.54. The van der Waals surface area contributed by atoms with Crippen LogP contribution in [0, 0.1) is 13.8 Å². The Bertz CT molecular complexity index is 911. The van der Waals surface area contributed by atoms with Gasteiger partial charge in [-0.1, -0.05) is 6.07 Å². The molecule has 0 aliphatic heterocycles. The number of nitrogens with one attached hydrogen (secondary N) is 1. The zero-order valence-electron chi connectivity index (χ0n) is 12.9. The summed E-state index contributed by atoms with van der Waals surface area (Å²) in [7, 11) is 0. The van der Waals surface area contributed by atoms with Crippen molar-refractivity contribution in [2.45, 2.75) is 26.7 Å². The van der Waals surface area contributed by atoms with E-state index >= 15 is 0 Å². The third-order valence-corrected chi connectivity index (χ3v) is 4.59. The topological polar surface area (TPSA) is 71.8 Å². The van der Waals surface area contributed by atoms with E-state index in [9.17, 15) is 0 Å². The van der Waals surface area contributed by atoms with Crippen molar-refractivity contribution < 1.29 is 0 Å². The minimum absolute atomic E-state index is 0.771. The Morgan fingerprint density at radius 1 is 1.17 bits per heavy atom. The number of imidazole rings is 1. The van der Waals surface area contributed by atoms with Crippen LogP contribution >= 0.6 is 11.3 Å². The van der Waals surface area contributed by atoms with Gasteiger partial charge in [0.1, 0.15) is 5.82 Å². The molecule has 4 rings (SSSR count). The number of aromatic nitrogens is 6. The lowest BCUT2D eigenvalue weighted by Gasteiger charge is -1.98. The van der Waals surface area contributed by atoms with Crippen LogP contribution in [-0.2, 0) is 12.8 Å². The normalized spacial score (nSPS) is 11.4. The number of nitrogens with zero attached hydrogens (tertiary/aromatic N) is 5. The summed E-state index contributed by atoms with van der Waals surface area (Å²) < 4.78 is 1.91. The molecule has 4 aromatic rings. The number of hydrogen-bond donors (Lipinski definition) is 1. The van der Waals surface area contributed by atoms with E-state index in [0.29, 0.717) is 0 Å². The first-order valence-corrected chi connectivity index (χ1v) is 8.33. The molecule has 0 bridgehead atoms. The van der Waals surface area contributed by atoms with Gasteiger partial charge in [-0.05, 0) is 31.9 Å². The van der Waals surface area contributed by atoms with Gasteiger partial charge in [-0.25, -0.2) is 14.5 Å². The fourth-order valence-corrected chi connectivity index (χ4v) is 3.11. The van der Waals surface area contributed by atoms with Crippen LogP contribution in [0.5, 0.6) is 0 Å². The van der Waals surface area contributed by atoms with Gasteiger partial charge in [0.2, 0.25) is 0 Å². The minimum Gasteiger partial charge on any atom is -0.344 e. The van der Waals surface area contributed by atoms with Gasteiger partial charge in [-0.15, -0.1) is 11.3 Å². The molecule has 0 saturated heterocycles. The van der Waals surface area contributed by atoms with Gasteiger partial charge in [0.15, 0.2) is 11.5 Å². The van der Waals surface area contributed by atoms with E-state index in [1.807, 2.05) is 29.3 Å². The highest BCUT2D eigenvalue weighted by atomic mass is 32.1. The quantitative estimate of drug-likeness (QED) is 0.626. The highest BCUT2D eigenvalue weighted by molar-refractivity contribution is 7.13. The van der Waals surface area contributed by atoms with Gasteiger partial charge in [0.05, 0.1) is 16.1 Å². The Morgan fingerprint density at radius 2 is 2.09 bits per heavy atom. The lowest BCUT2D eigenvalue weighted by atomic mass is 10.2. The van der Waals surface area contributed by atoms with Crippen LogP contribution in [0.3, 0.4) is 0 Å². The summed E-state index contributed by atoms with van der Waals surface area (Å²) in [6, 6.07) is 4.15. The van der Waals surface area contributed by atoms with Crippen molar-refractivity contribution in [1.82, 2.24) is 29.5 Å². The molecule has 23 heavy (non-hydrogen) atoms. The van der Waals surface area contributed by atoms with Crippen LogP contribution < -0.4 is 0 Å². The highest BCUT2D eigenvalue weighted by Gasteiger charge is 2.10. The second-order valence-electron chi connectivity index (χ2n) is 5.53. The molecular formula is C16H16N6S. The first-order valence-electron chi connectivity index (χ1n) is 7.46. The zero-order chi connectivity index (χ0) is 15.8. The molecule has 0 amide bonds. The van der Waals surface area contributed by atoms with Crippen LogP contribution in [0.4, 0.5) is 0 Å². The largest absolute Gasteiger partial charge is 0.344 e. The molecule has 6 nitrogen and oxygen atoms in total. The van der Waals surface area contributed by atoms with E-state index in [1.165, 1.54) is 0 Å². The van der Waals surface area contributed by atoms with Crippen molar-refractivity contribution in [3.05, 3.63) is 52.8 Å². The van der Waals surface area contributed by atoms with E-state index in [4.69, 9.17) is 0 Å². The molecule has 0 fully saturated rings. The number of H-pyrrole nitrogens is 1. The number of fused-ring (bicyclic) bond motifs is 1. The molecule has 0 unspecified atom stereocenters. The first kappa shape index (κ1) is 14.1. The average molecular weight is 324 g/mol. The predicted octanol–water partition coefficient (Wildman–Crippen LogP) is 2.98. The second-order valence-corrected chi connectivity index (χ2v) is 6.41. The summed E-state index contributed by atoms with van der Waals surface area (Å²) >= 11 is 1.58. The summed E-state index contributed by atoms with van der Waals surface area (Å²) in [6.07, 6.45) is 5.35. The molecule has 0 spiro atoms. The minimum atomic E-state index is 0.771. The Kier molecular flexibility index (Phi) is 3.42. The number of aryl methyl sites for hydroxylation is 4. The molecule has 0 saturated carbocycles. The predicted molar refractivity (Wildman–Crippen MR) is 89.6 cm³/mol. The molecule has 0 radical (unpaired) electrons. The van der Waals surface area contributed by atoms with Gasteiger partial charge >= 0.3 is 0 Å². The summed E-state index contributed by atoms with van der Waals surface area (Å²) in [5, 5.41) is 4.60. The maximum Gasteiger partial charge on any atom is 0.158 e. The smallest absolute Gasteiger partial charge is 0.158 e. The third-order valence-electron chi connectivity index (χ3n) is 3.81.